The van der Waals surface area contributed by atoms with Gasteiger partial charge in [0.25, 0.3) is 10.1 Å². The third-order valence-electron chi connectivity index (χ3n) is 4.60. The fourth-order valence-electron chi connectivity index (χ4n) is 4.55. The van der Waals surface area contributed by atoms with Crippen molar-refractivity contribution in [3.8, 4) is 0 Å². The first-order valence-corrected chi connectivity index (χ1v) is 7.02. The molecular formula is C10H17NO3S. The van der Waals surface area contributed by atoms with Crippen molar-refractivity contribution in [3.05, 3.63) is 0 Å². The molecule has 0 aromatic carbocycles. The third-order valence-corrected chi connectivity index (χ3v) is 6.17. The predicted octanol–water partition coefficient (Wildman–Crippen LogP) is 0.924. The lowest BCUT2D eigenvalue weighted by atomic mass is 9.53. The summed E-state index contributed by atoms with van der Waals surface area (Å²) in [5.74, 6) is 0.830. The fraction of sp³-hybridized carbons (Fsp3) is 1.00. The Morgan fingerprint density at radius 2 is 1.67 bits per heavy atom. The molecule has 0 spiro atoms. The van der Waals surface area contributed by atoms with E-state index in [-0.39, 0.29) is 5.54 Å². The summed E-state index contributed by atoms with van der Waals surface area (Å²) in [6.45, 7) is 0. The van der Waals surface area contributed by atoms with E-state index in [0.29, 0.717) is 31.1 Å². The van der Waals surface area contributed by atoms with Gasteiger partial charge in [-0.25, -0.2) is 0 Å². The van der Waals surface area contributed by atoms with Crippen LogP contribution in [0.3, 0.4) is 0 Å². The molecule has 4 fully saturated rings. The minimum absolute atomic E-state index is 0.320. The standard InChI is InChI=1S/C10H17NO3S/c11-9-2-7-1-8(3-9)5-10(4-7,6-9)15(12,13)14/h7-8H,1-6,11H2,(H,12,13,14). The molecule has 4 saturated carbocycles. The van der Waals surface area contributed by atoms with Crippen molar-refractivity contribution in [1.29, 1.82) is 0 Å². The summed E-state index contributed by atoms with van der Waals surface area (Å²) < 4.78 is 31.6. The second kappa shape index (κ2) is 2.57. The van der Waals surface area contributed by atoms with E-state index < -0.39 is 14.9 Å². The quantitative estimate of drug-likeness (QED) is 0.658. The van der Waals surface area contributed by atoms with Gasteiger partial charge in [0.15, 0.2) is 0 Å². The number of rotatable bonds is 1. The van der Waals surface area contributed by atoms with Crippen LogP contribution in [0.2, 0.25) is 0 Å². The van der Waals surface area contributed by atoms with E-state index in [9.17, 15) is 13.0 Å². The summed E-state index contributed by atoms with van der Waals surface area (Å²) in [5.41, 5.74) is 5.91. The first kappa shape index (κ1) is 10.1. The van der Waals surface area contributed by atoms with E-state index in [4.69, 9.17) is 5.73 Å². The van der Waals surface area contributed by atoms with Crippen molar-refractivity contribution in [3.63, 3.8) is 0 Å². The maximum Gasteiger partial charge on any atom is 0.270 e. The molecule has 2 atom stereocenters. The third kappa shape index (κ3) is 1.29. The van der Waals surface area contributed by atoms with Crippen molar-refractivity contribution in [2.45, 2.75) is 48.8 Å². The van der Waals surface area contributed by atoms with Gasteiger partial charge in [-0.2, -0.15) is 8.42 Å². The van der Waals surface area contributed by atoms with Gasteiger partial charge in [-0.15, -0.1) is 0 Å². The lowest BCUT2D eigenvalue weighted by molar-refractivity contribution is 0.0106. The van der Waals surface area contributed by atoms with Gasteiger partial charge in [0.1, 0.15) is 0 Å². The Kier molecular flexibility index (Phi) is 1.73. The van der Waals surface area contributed by atoms with Crippen LogP contribution in [0.15, 0.2) is 0 Å². The molecular weight excluding hydrogens is 214 g/mol. The number of nitrogens with two attached hydrogens (primary N) is 1. The molecule has 0 saturated heterocycles. The fourth-order valence-corrected chi connectivity index (χ4v) is 5.91. The van der Waals surface area contributed by atoms with E-state index in [0.717, 1.165) is 19.3 Å². The molecule has 4 aliphatic carbocycles. The normalized spacial score (nSPS) is 53.5. The Morgan fingerprint density at radius 3 is 2.07 bits per heavy atom. The zero-order valence-electron chi connectivity index (χ0n) is 8.65. The molecule has 15 heavy (non-hydrogen) atoms. The van der Waals surface area contributed by atoms with Gasteiger partial charge in [0.2, 0.25) is 0 Å². The molecule has 4 rings (SSSR count). The highest BCUT2D eigenvalue weighted by Crippen LogP contribution is 2.59. The Labute approximate surface area is 90.0 Å². The van der Waals surface area contributed by atoms with Gasteiger partial charge in [0.05, 0.1) is 4.75 Å². The SMILES string of the molecule is NC12CC3CC(C1)CC(S(=O)(=O)O)(C3)C2. The Balaban J connectivity index is 2.07. The van der Waals surface area contributed by atoms with Gasteiger partial charge in [0, 0.05) is 5.54 Å². The van der Waals surface area contributed by atoms with E-state index in [1.807, 2.05) is 0 Å². The van der Waals surface area contributed by atoms with E-state index in [2.05, 4.69) is 0 Å². The average Bonchev–Trinajstić information content (AvgIpc) is 1.95. The molecule has 86 valence electrons. The van der Waals surface area contributed by atoms with Gasteiger partial charge in [-0.1, -0.05) is 0 Å². The number of hydrogen-bond acceptors (Lipinski definition) is 3. The Morgan fingerprint density at radius 1 is 1.13 bits per heavy atom. The Hall–Kier alpha value is -0.130. The van der Waals surface area contributed by atoms with E-state index in [1.54, 1.807) is 0 Å². The molecule has 4 aliphatic rings. The number of hydrogen-bond donors (Lipinski definition) is 2. The van der Waals surface area contributed by atoms with Crippen LogP contribution in [0.4, 0.5) is 0 Å². The summed E-state index contributed by atoms with van der Waals surface area (Å²) >= 11 is 0. The molecule has 0 radical (unpaired) electrons. The molecule has 4 nitrogen and oxygen atoms in total. The van der Waals surface area contributed by atoms with Crippen LogP contribution in [0.5, 0.6) is 0 Å². The first-order valence-electron chi connectivity index (χ1n) is 5.58. The smallest absolute Gasteiger partial charge is 0.270 e. The molecule has 0 aromatic heterocycles. The molecule has 0 amide bonds. The van der Waals surface area contributed by atoms with Gasteiger partial charge >= 0.3 is 0 Å². The molecule has 3 N–H and O–H groups in total. The summed E-state index contributed by atoms with van der Waals surface area (Å²) in [5, 5.41) is 0. The zero-order chi connectivity index (χ0) is 10.9. The van der Waals surface area contributed by atoms with Crippen molar-refractivity contribution in [1.82, 2.24) is 0 Å². The maximum absolute atomic E-state index is 11.5. The van der Waals surface area contributed by atoms with Crippen molar-refractivity contribution in [2.75, 3.05) is 0 Å². The van der Waals surface area contributed by atoms with Crippen LogP contribution < -0.4 is 5.73 Å². The molecule has 0 aromatic rings. The van der Waals surface area contributed by atoms with Gasteiger partial charge < -0.3 is 5.73 Å². The highest BCUT2D eigenvalue weighted by Gasteiger charge is 2.61. The largest absolute Gasteiger partial charge is 0.325 e. The van der Waals surface area contributed by atoms with Crippen LogP contribution in [0, 0.1) is 11.8 Å². The minimum Gasteiger partial charge on any atom is -0.325 e. The van der Waals surface area contributed by atoms with Crippen LogP contribution in [-0.2, 0) is 10.1 Å². The van der Waals surface area contributed by atoms with Crippen LogP contribution in [0.25, 0.3) is 0 Å². The minimum atomic E-state index is -3.94. The highest BCUT2D eigenvalue weighted by atomic mass is 32.2. The van der Waals surface area contributed by atoms with E-state index >= 15 is 0 Å². The van der Waals surface area contributed by atoms with Crippen molar-refractivity contribution in [2.24, 2.45) is 17.6 Å². The van der Waals surface area contributed by atoms with Crippen LogP contribution in [0.1, 0.15) is 38.5 Å². The van der Waals surface area contributed by atoms with Crippen molar-refractivity contribution < 1.29 is 13.0 Å². The summed E-state index contributed by atoms with van der Waals surface area (Å²) in [6, 6.07) is 0. The lowest BCUT2D eigenvalue weighted by Crippen LogP contribution is -2.65. The predicted molar refractivity (Wildman–Crippen MR) is 55.9 cm³/mol. The average molecular weight is 231 g/mol. The monoisotopic (exact) mass is 231 g/mol. The first-order chi connectivity index (χ1) is 6.82. The second-order valence-electron chi connectivity index (χ2n) is 5.98. The van der Waals surface area contributed by atoms with Crippen LogP contribution >= 0.6 is 0 Å². The lowest BCUT2D eigenvalue weighted by Gasteiger charge is -2.59. The molecule has 2 unspecified atom stereocenters. The molecule has 4 bridgehead atoms. The zero-order valence-corrected chi connectivity index (χ0v) is 9.46. The molecule has 5 heteroatoms. The second-order valence-corrected chi connectivity index (χ2v) is 7.80. The topological polar surface area (TPSA) is 80.4 Å². The van der Waals surface area contributed by atoms with Gasteiger partial charge in [-0.05, 0) is 50.4 Å². The molecule has 0 heterocycles. The summed E-state index contributed by atoms with van der Waals surface area (Å²) in [7, 11) is -3.94. The van der Waals surface area contributed by atoms with Crippen molar-refractivity contribution >= 4 is 10.1 Å². The maximum atomic E-state index is 11.5. The Bertz CT molecular complexity index is 389. The summed E-state index contributed by atoms with van der Waals surface area (Å²) in [4.78, 5) is 0. The van der Waals surface area contributed by atoms with Crippen LogP contribution in [-0.4, -0.2) is 23.3 Å². The van der Waals surface area contributed by atoms with Gasteiger partial charge in [-0.3, -0.25) is 4.55 Å². The molecule has 0 aliphatic heterocycles. The summed E-state index contributed by atoms with van der Waals surface area (Å²) in [6.07, 6.45) is 4.71. The highest BCUT2D eigenvalue weighted by molar-refractivity contribution is 7.87. The van der Waals surface area contributed by atoms with E-state index in [1.165, 1.54) is 0 Å².